The third-order valence-electron chi connectivity index (χ3n) is 4.72. The van der Waals surface area contributed by atoms with Crippen LogP contribution in [-0.2, 0) is 14.4 Å². The number of amides is 3. The topological polar surface area (TPSA) is 78.5 Å². The van der Waals surface area contributed by atoms with Crippen molar-refractivity contribution in [2.75, 3.05) is 11.9 Å². The second kappa shape index (κ2) is 14.4. The fourth-order valence-corrected chi connectivity index (χ4v) is 3.70. The van der Waals surface area contributed by atoms with Gasteiger partial charge in [-0.1, -0.05) is 55.8 Å². The van der Waals surface area contributed by atoms with E-state index in [0.717, 1.165) is 0 Å². The van der Waals surface area contributed by atoms with Crippen molar-refractivity contribution in [3.63, 3.8) is 0 Å². The van der Waals surface area contributed by atoms with Crippen LogP contribution in [0.5, 0.6) is 0 Å². The maximum atomic E-state index is 15.0. The van der Waals surface area contributed by atoms with Crippen LogP contribution in [0, 0.1) is 5.92 Å². The molecule has 1 aliphatic rings. The first kappa shape index (κ1) is 27.4. The van der Waals surface area contributed by atoms with Crippen molar-refractivity contribution < 1.29 is 18.8 Å². The first-order chi connectivity index (χ1) is 15.4. The third-order valence-corrected chi connectivity index (χ3v) is 5.09. The maximum Gasteiger partial charge on any atom is 0.247 e. The Labute approximate surface area is 198 Å². The van der Waals surface area contributed by atoms with E-state index < -0.39 is 29.7 Å². The summed E-state index contributed by atoms with van der Waals surface area (Å²) in [6.45, 7) is 7.78. The van der Waals surface area contributed by atoms with E-state index in [4.69, 9.17) is 23.2 Å². The van der Waals surface area contributed by atoms with Gasteiger partial charge < -0.3 is 15.5 Å². The molecule has 0 bridgehead atoms. The minimum absolute atomic E-state index is 0.227. The molecule has 32 heavy (non-hydrogen) atoms. The van der Waals surface area contributed by atoms with Gasteiger partial charge in [0.2, 0.25) is 18.7 Å². The highest BCUT2D eigenvalue weighted by molar-refractivity contribution is 6.31. The van der Waals surface area contributed by atoms with E-state index in [0.29, 0.717) is 36.5 Å². The van der Waals surface area contributed by atoms with Gasteiger partial charge in [0.1, 0.15) is 11.9 Å². The highest BCUT2D eigenvalue weighted by atomic mass is 35.5. The molecule has 1 saturated heterocycles. The van der Waals surface area contributed by atoms with Gasteiger partial charge in [-0.15, -0.1) is 0 Å². The Morgan fingerprint density at radius 1 is 1.34 bits per heavy atom. The van der Waals surface area contributed by atoms with Gasteiger partial charge >= 0.3 is 0 Å². The number of hydrogen-bond acceptors (Lipinski definition) is 3. The standard InChI is InChI=1S/C21H22Cl2FN3O3.C2H6/c1-14(22)4-2-7-19(24)18-11-17(8-9-25-12-28)27(13-29)20(18)21(30)26-16-6-3-5-15(23)10-16;1-2/h2-7,10,12-13,17-18,20H,1,8-9,11H2,(H,25,28)(H,26,30);1-2H3/b4-2-,19-7-;/t17-,18?,20?;/m0./s1. The van der Waals surface area contributed by atoms with Crippen molar-refractivity contribution in [2.24, 2.45) is 5.92 Å². The van der Waals surface area contributed by atoms with Gasteiger partial charge in [-0.25, -0.2) is 4.39 Å². The highest BCUT2D eigenvalue weighted by Crippen LogP contribution is 2.37. The zero-order chi connectivity index (χ0) is 24.1. The lowest BCUT2D eigenvalue weighted by Gasteiger charge is -2.27. The largest absolute Gasteiger partial charge is 0.359 e. The molecule has 0 saturated carbocycles. The van der Waals surface area contributed by atoms with Crippen LogP contribution in [0.25, 0.3) is 0 Å². The van der Waals surface area contributed by atoms with Crippen LogP contribution in [0.3, 0.4) is 0 Å². The molecular weight excluding hydrogens is 456 g/mol. The summed E-state index contributed by atoms with van der Waals surface area (Å²) in [6.07, 6.45) is 5.71. The molecule has 1 aromatic rings. The van der Waals surface area contributed by atoms with Gasteiger partial charge in [0.25, 0.3) is 0 Å². The predicted octanol–water partition coefficient (Wildman–Crippen LogP) is 4.82. The Morgan fingerprint density at radius 3 is 2.66 bits per heavy atom. The lowest BCUT2D eigenvalue weighted by Crippen LogP contribution is -2.45. The number of hydrogen-bond donors (Lipinski definition) is 2. The fourth-order valence-electron chi connectivity index (χ4n) is 3.44. The first-order valence-corrected chi connectivity index (χ1v) is 11.0. The Bertz CT molecular complexity index is 861. The highest BCUT2D eigenvalue weighted by Gasteiger charge is 2.46. The molecule has 2 unspecified atom stereocenters. The van der Waals surface area contributed by atoms with Crippen LogP contribution >= 0.6 is 23.2 Å². The smallest absolute Gasteiger partial charge is 0.247 e. The van der Waals surface area contributed by atoms with Crippen molar-refractivity contribution in [3.8, 4) is 0 Å². The van der Waals surface area contributed by atoms with E-state index in [1.165, 1.54) is 23.1 Å². The summed E-state index contributed by atoms with van der Waals surface area (Å²) in [4.78, 5) is 36.6. The summed E-state index contributed by atoms with van der Waals surface area (Å²) in [5.41, 5.74) is 0.436. The Morgan fingerprint density at radius 2 is 2.06 bits per heavy atom. The summed E-state index contributed by atoms with van der Waals surface area (Å²) in [7, 11) is 0. The second-order valence-electron chi connectivity index (χ2n) is 6.71. The normalized spacial score (nSPS) is 20.3. The molecule has 1 heterocycles. The molecule has 0 spiro atoms. The molecule has 1 fully saturated rings. The van der Waals surface area contributed by atoms with Gasteiger partial charge in [0.15, 0.2) is 0 Å². The number of rotatable bonds is 10. The quantitative estimate of drug-likeness (QED) is 0.284. The van der Waals surface area contributed by atoms with E-state index in [1.54, 1.807) is 24.3 Å². The molecule has 2 N–H and O–H groups in total. The fraction of sp³-hybridized carbons (Fsp3) is 0.348. The molecule has 6 nitrogen and oxygen atoms in total. The molecule has 1 aliphatic heterocycles. The predicted molar refractivity (Wildman–Crippen MR) is 127 cm³/mol. The Hall–Kier alpha value is -2.64. The van der Waals surface area contributed by atoms with Crippen molar-refractivity contribution in [3.05, 3.63) is 65.0 Å². The monoisotopic (exact) mass is 483 g/mol. The number of benzene rings is 1. The molecular formula is C23H28Cl2FN3O3. The number of nitrogens with one attached hydrogen (secondary N) is 2. The average Bonchev–Trinajstić information content (AvgIpc) is 3.14. The molecule has 0 aliphatic carbocycles. The van der Waals surface area contributed by atoms with Gasteiger partial charge in [-0.3, -0.25) is 14.4 Å². The number of carbonyl (C=O) groups is 3. The zero-order valence-electron chi connectivity index (χ0n) is 18.1. The van der Waals surface area contributed by atoms with E-state index >= 15 is 0 Å². The number of allylic oxidation sites excluding steroid dienone is 4. The summed E-state index contributed by atoms with van der Waals surface area (Å²) >= 11 is 11.6. The summed E-state index contributed by atoms with van der Waals surface area (Å²) < 4.78 is 15.0. The van der Waals surface area contributed by atoms with Crippen molar-refractivity contribution in [2.45, 2.75) is 38.8 Å². The third kappa shape index (κ3) is 8.13. The Balaban J connectivity index is 0.00000249. The van der Waals surface area contributed by atoms with E-state index in [9.17, 15) is 18.8 Å². The molecule has 1 aromatic carbocycles. The first-order valence-electron chi connectivity index (χ1n) is 10.2. The maximum absolute atomic E-state index is 15.0. The number of nitrogens with zero attached hydrogens (tertiary/aromatic N) is 1. The van der Waals surface area contributed by atoms with Gasteiger partial charge in [0.05, 0.1) is 0 Å². The zero-order valence-corrected chi connectivity index (χ0v) is 19.6. The number of likely N-dealkylation sites (tertiary alicyclic amines) is 1. The molecule has 9 heteroatoms. The number of anilines is 1. The van der Waals surface area contributed by atoms with Gasteiger partial charge in [0, 0.05) is 34.2 Å². The van der Waals surface area contributed by atoms with Gasteiger partial charge in [-0.2, -0.15) is 0 Å². The number of halogens is 3. The lowest BCUT2D eigenvalue weighted by molar-refractivity contribution is -0.130. The average molecular weight is 484 g/mol. The molecule has 174 valence electrons. The molecule has 0 radical (unpaired) electrons. The van der Waals surface area contributed by atoms with Crippen LogP contribution in [0.2, 0.25) is 5.02 Å². The molecule has 2 rings (SSSR count). The Kier molecular flexibility index (Phi) is 12.4. The summed E-state index contributed by atoms with van der Waals surface area (Å²) in [5.74, 6) is -1.95. The minimum atomic E-state index is -1.06. The number of carbonyl (C=O) groups excluding carboxylic acids is 3. The lowest BCUT2D eigenvalue weighted by atomic mass is 9.95. The minimum Gasteiger partial charge on any atom is -0.359 e. The van der Waals surface area contributed by atoms with Gasteiger partial charge in [-0.05, 0) is 43.2 Å². The SMILES string of the molecule is C=C(Cl)/C=C\C=C(/F)C1C[C@H](CCNC=O)N(C=O)C1C(=O)Nc1cccc(Cl)c1.CC. The van der Waals surface area contributed by atoms with Crippen LogP contribution < -0.4 is 10.6 Å². The van der Waals surface area contributed by atoms with Crippen LogP contribution in [0.4, 0.5) is 10.1 Å². The van der Waals surface area contributed by atoms with E-state index in [2.05, 4.69) is 17.2 Å². The molecule has 3 atom stereocenters. The molecule has 3 amide bonds. The molecule has 0 aromatic heterocycles. The van der Waals surface area contributed by atoms with Crippen molar-refractivity contribution in [1.29, 1.82) is 0 Å². The van der Waals surface area contributed by atoms with Crippen LogP contribution in [0.15, 0.2) is 59.9 Å². The second-order valence-corrected chi connectivity index (χ2v) is 7.63. The van der Waals surface area contributed by atoms with Crippen LogP contribution in [0.1, 0.15) is 26.7 Å². The van der Waals surface area contributed by atoms with Crippen LogP contribution in [-0.4, -0.2) is 42.3 Å². The summed E-state index contributed by atoms with van der Waals surface area (Å²) in [6, 6.07) is 5.04. The van der Waals surface area contributed by atoms with Crippen molar-refractivity contribution in [1.82, 2.24) is 10.2 Å². The van der Waals surface area contributed by atoms with Crippen molar-refractivity contribution >= 4 is 47.6 Å². The van der Waals surface area contributed by atoms with E-state index in [-0.39, 0.29) is 11.5 Å². The summed E-state index contributed by atoms with van der Waals surface area (Å²) in [5, 5.41) is 5.87. The van der Waals surface area contributed by atoms with E-state index in [1.807, 2.05) is 13.8 Å².